The summed E-state index contributed by atoms with van der Waals surface area (Å²) in [5, 5.41) is 0. The summed E-state index contributed by atoms with van der Waals surface area (Å²) in [6, 6.07) is 9.15. The molecule has 1 aromatic carbocycles. The Hall–Kier alpha value is -0.250. The zero-order chi connectivity index (χ0) is 7.56. The largest absolute Gasteiger partial charge is 0.376 e. The van der Waals surface area contributed by atoms with E-state index in [0.29, 0.717) is 0 Å². The van der Waals surface area contributed by atoms with E-state index in [0.717, 1.165) is 5.69 Å². The molecule has 0 atom stereocenters. The third kappa shape index (κ3) is 1.62. The summed E-state index contributed by atoms with van der Waals surface area (Å²) in [5.74, 6) is 0. The van der Waals surface area contributed by atoms with Crippen molar-refractivity contribution in [3.05, 3.63) is 27.8 Å². The molecule has 0 aliphatic rings. The van der Waals surface area contributed by atoms with Crippen LogP contribution >= 0.6 is 22.6 Å². The second-order valence-electron chi connectivity index (χ2n) is 2.26. The van der Waals surface area contributed by atoms with E-state index >= 15 is 0 Å². The van der Waals surface area contributed by atoms with Gasteiger partial charge in [0.25, 0.3) is 0 Å². The van der Waals surface area contributed by atoms with Crippen LogP contribution in [0.4, 0.5) is 5.69 Å². The van der Waals surface area contributed by atoms with E-state index < -0.39 is 0 Å². The van der Waals surface area contributed by atoms with Crippen LogP contribution in [0.1, 0.15) is 0 Å². The molecule has 0 amide bonds. The highest BCUT2D eigenvalue weighted by Gasteiger charge is 1.97. The van der Waals surface area contributed by atoms with Gasteiger partial charge in [0.05, 0.1) is 5.69 Å². The second-order valence-corrected chi connectivity index (χ2v) is 3.42. The maximum atomic E-state index is 3.15. The molecule has 1 radical (unpaired) electrons. The molecule has 0 saturated heterocycles. The van der Waals surface area contributed by atoms with E-state index in [1.54, 1.807) is 0 Å². The first-order valence-electron chi connectivity index (χ1n) is 3.05. The Morgan fingerprint density at radius 1 is 1.50 bits per heavy atom. The van der Waals surface area contributed by atoms with Crippen LogP contribution in [0.5, 0.6) is 0 Å². The number of hydrogen-bond donors (Lipinski definition) is 0. The highest BCUT2D eigenvalue weighted by Crippen LogP contribution is 2.18. The molecule has 0 unspecified atom stereocenters. The van der Waals surface area contributed by atoms with Gasteiger partial charge < -0.3 is 4.90 Å². The molecule has 0 aromatic heterocycles. The van der Waals surface area contributed by atoms with Crippen molar-refractivity contribution in [2.24, 2.45) is 0 Å². The summed E-state index contributed by atoms with van der Waals surface area (Å²) in [4.78, 5) is 2.06. The highest BCUT2D eigenvalue weighted by atomic mass is 127. The van der Waals surface area contributed by atoms with Crippen molar-refractivity contribution >= 4 is 28.3 Å². The van der Waals surface area contributed by atoms with Crippen LogP contribution in [0.2, 0.25) is 0 Å². The number of rotatable bonds is 1. The molecule has 0 aliphatic carbocycles. The molecule has 0 saturated carbocycles. The van der Waals surface area contributed by atoms with E-state index in [2.05, 4.69) is 39.6 Å². The molecule has 53 valence electrons. The topological polar surface area (TPSA) is 3.24 Å². The predicted molar refractivity (Wildman–Crippen MR) is 52.3 cm³/mol. The summed E-state index contributed by atoms with van der Waals surface area (Å²) in [5.41, 5.74) is 1.16. The molecule has 1 nitrogen and oxygen atoms in total. The van der Waals surface area contributed by atoms with Gasteiger partial charge in [-0.2, -0.15) is 0 Å². The van der Waals surface area contributed by atoms with Crippen molar-refractivity contribution in [3.63, 3.8) is 0 Å². The number of hydrogen-bond acceptors (Lipinski definition) is 1. The molecule has 0 N–H and O–H groups in total. The lowest BCUT2D eigenvalue weighted by Gasteiger charge is -2.12. The lowest BCUT2D eigenvalue weighted by Crippen LogP contribution is -2.09. The third-order valence-corrected chi connectivity index (χ3v) is 2.10. The van der Waals surface area contributed by atoms with Gasteiger partial charge in [0.15, 0.2) is 0 Å². The van der Waals surface area contributed by atoms with Crippen molar-refractivity contribution in [2.75, 3.05) is 19.0 Å². The van der Waals surface area contributed by atoms with E-state index in [-0.39, 0.29) is 0 Å². The van der Waals surface area contributed by atoms with Crippen LogP contribution in [-0.2, 0) is 0 Å². The molecule has 10 heavy (non-hydrogen) atoms. The zero-order valence-corrected chi connectivity index (χ0v) is 8.21. The van der Waals surface area contributed by atoms with E-state index in [1.165, 1.54) is 3.57 Å². The number of benzene rings is 1. The quantitative estimate of drug-likeness (QED) is 0.686. The van der Waals surface area contributed by atoms with E-state index in [9.17, 15) is 0 Å². The summed E-state index contributed by atoms with van der Waals surface area (Å²) >= 11 is 2.30. The summed E-state index contributed by atoms with van der Waals surface area (Å²) < 4.78 is 1.24. The predicted octanol–water partition coefficient (Wildman–Crippen LogP) is 2.16. The van der Waals surface area contributed by atoms with Crippen LogP contribution in [0.15, 0.2) is 18.2 Å². The Kier molecular flexibility index (Phi) is 2.54. The van der Waals surface area contributed by atoms with Gasteiger partial charge in [-0.1, -0.05) is 12.1 Å². The summed E-state index contributed by atoms with van der Waals surface area (Å²) in [6.45, 7) is 0. The average Bonchev–Trinajstić information content (AvgIpc) is 1.88. The van der Waals surface area contributed by atoms with Gasteiger partial charge in [-0.05, 0) is 28.7 Å². The molecule has 0 fully saturated rings. The Bertz CT molecular complexity index is 220. The number of para-hydroxylation sites is 1. The van der Waals surface area contributed by atoms with Crippen LogP contribution in [0.3, 0.4) is 0 Å². The Labute approximate surface area is 75.2 Å². The first-order chi connectivity index (χ1) is 4.72. The number of anilines is 1. The monoisotopic (exact) mass is 246 g/mol. The molecular weight excluding hydrogens is 237 g/mol. The first kappa shape index (κ1) is 7.85. The standard InChI is InChI=1S/C8H9IN/c1-10(2)8-6-4-3-5-7(8)9/h3-5H,1-2H3. The Morgan fingerprint density at radius 3 is 2.60 bits per heavy atom. The van der Waals surface area contributed by atoms with Crippen molar-refractivity contribution in [3.8, 4) is 0 Å². The molecule has 0 bridgehead atoms. The molecule has 1 aromatic rings. The maximum absolute atomic E-state index is 3.15. The van der Waals surface area contributed by atoms with Crippen LogP contribution in [-0.4, -0.2) is 14.1 Å². The van der Waals surface area contributed by atoms with Gasteiger partial charge >= 0.3 is 0 Å². The highest BCUT2D eigenvalue weighted by molar-refractivity contribution is 14.1. The van der Waals surface area contributed by atoms with Gasteiger partial charge in [0.1, 0.15) is 0 Å². The second kappa shape index (κ2) is 3.23. The number of nitrogens with zero attached hydrogens (tertiary/aromatic N) is 1. The Balaban J connectivity index is 3.03. The lowest BCUT2D eigenvalue weighted by molar-refractivity contribution is 1.12. The fourth-order valence-electron chi connectivity index (χ4n) is 0.750. The molecule has 0 aliphatic heterocycles. The minimum atomic E-state index is 1.16. The van der Waals surface area contributed by atoms with Crippen LogP contribution in [0.25, 0.3) is 0 Å². The van der Waals surface area contributed by atoms with Gasteiger partial charge in [0, 0.05) is 23.7 Å². The van der Waals surface area contributed by atoms with Crippen LogP contribution in [0, 0.1) is 9.64 Å². The SMILES string of the molecule is CN(C)c1[c]cccc1I. The van der Waals surface area contributed by atoms with Crippen LogP contribution < -0.4 is 4.90 Å². The van der Waals surface area contributed by atoms with Crippen molar-refractivity contribution < 1.29 is 0 Å². The zero-order valence-electron chi connectivity index (χ0n) is 6.06. The van der Waals surface area contributed by atoms with Gasteiger partial charge in [-0.3, -0.25) is 0 Å². The molecule has 0 heterocycles. The average molecular weight is 246 g/mol. The van der Waals surface area contributed by atoms with Gasteiger partial charge in [-0.25, -0.2) is 0 Å². The van der Waals surface area contributed by atoms with E-state index in [4.69, 9.17) is 0 Å². The van der Waals surface area contributed by atoms with Crippen molar-refractivity contribution in [1.29, 1.82) is 0 Å². The minimum Gasteiger partial charge on any atom is -0.376 e. The van der Waals surface area contributed by atoms with Gasteiger partial charge in [0.2, 0.25) is 0 Å². The first-order valence-corrected chi connectivity index (χ1v) is 4.13. The van der Waals surface area contributed by atoms with Gasteiger partial charge in [-0.15, -0.1) is 0 Å². The maximum Gasteiger partial charge on any atom is 0.0577 e. The molecule has 1 rings (SSSR count). The lowest BCUT2D eigenvalue weighted by atomic mass is 10.3. The number of halogens is 1. The fraction of sp³-hybridized carbons (Fsp3) is 0.250. The van der Waals surface area contributed by atoms with Crippen molar-refractivity contribution in [2.45, 2.75) is 0 Å². The normalized spacial score (nSPS) is 9.50. The third-order valence-electron chi connectivity index (χ3n) is 1.23. The minimum absolute atomic E-state index is 1.16. The molecule has 0 spiro atoms. The summed E-state index contributed by atoms with van der Waals surface area (Å²) in [7, 11) is 4.04. The van der Waals surface area contributed by atoms with Crippen molar-refractivity contribution in [1.82, 2.24) is 0 Å². The fourth-order valence-corrected chi connectivity index (χ4v) is 1.60. The van der Waals surface area contributed by atoms with E-state index in [1.807, 2.05) is 26.2 Å². The molecular formula is C8H9IN. The summed E-state index contributed by atoms with van der Waals surface area (Å²) in [6.07, 6.45) is 0. The smallest absolute Gasteiger partial charge is 0.0577 e. The molecule has 2 heteroatoms. The Morgan fingerprint density at radius 2 is 2.20 bits per heavy atom.